The van der Waals surface area contributed by atoms with Gasteiger partial charge in [-0.25, -0.2) is 8.42 Å². The van der Waals surface area contributed by atoms with Crippen LogP contribution in [0.4, 0.5) is 5.69 Å². The number of carbonyl (C=O) groups excluding carboxylic acids is 1. The van der Waals surface area contributed by atoms with Crippen molar-refractivity contribution >= 4 is 27.4 Å². The minimum atomic E-state index is -3.71. The second-order valence-electron chi connectivity index (χ2n) is 4.52. The van der Waals surface area contributed by atoms with E-state index < -0.39 is 28.0 Å². The summed E-state index contributed by atoms with van der Waals surface area (Å²) in [5, 5.41) is 8.59. The van der Waals surface area contributed by atoms with E-state index in [0.717, 1.165) is 0 Å². The number of anilines is 1. The van der Waals surface area contributed by atoms with Crippen LogP contribution in [0.5, 0.6) is 5.75 Å². The molecule has 0 saturated carbocycles. The summed E-state index contributed by atoms with van der Waals surface area (Å²) >= 11 is 0. The summed E-state index contributed by atoms with van der Waals surface area (Å²) in [6, 6.07) is 4.20. The van der Waals surface area contributed by atoms with Crippen molar-refractivity contribution in [2.75, 3.05) is 23.8 Å². The number of carboxylic acids is 1. The summed E-state index contributed by atoms with van der Waals surface area (Å²) in [5.41, 5.74) is 0.394. The molecule has 0 saturated heterocycles. The predicted octanol–water partition coefficient (Wildman–Crippen LogP) is 0.680. The fourth-order valence-electron chi connectivity index (χ4n) is 2.06. The van der Waals surface area contributed by atoms with Crippen molar-refractivity contribution in [2.24, 2.45) is 0 Å². The molecule has 114 valence electrons. The third-order valence-electron chi connectivity index (χ3n) is 3.13. The number of aliphatic carboxylic acids is 1. The number of likely N-dealkylation sites (N-methyl/N-ethyl adjacent to an activating group) is 1. The Kier molecular flexibility index (Phi) is 4.17. The molecule has 0 bridgehead atoms. The van der Waals surface area contributed by atoms with Gasteiger partial charge in [0.1, 0.15) is 5.75 Å². The summed E-state index contributed by atoms with van der Waals surface area (Å²) in [6.07, 6.45) is -0.466. The van der Waals surface area contributed by atoms with Crippen molar-refractivity contribution in [3.63, 3.8) is 0 Å². The summed E-state index contributed by atoms with van der Waals surface area (Å²) in [5.74, 6) is -1.47. The number of carbonyl (C=O) groups is 2. The van der Waals surface area contributed by atoms with Gasteiger partial charge < -0.3 is 14.7 Å². The number of sulfone groups is 1. The highest BCUT2D eigenvalue weighted by Crippen LogP contribution is 2.34. The summed E-state index contributed by atoms with van der Waals surface area (Å²) < 4.78 is 29.4. The monoisotopic (exact) mass is 313 g/mol. The van der Waals surface area contributed by atoms with Gasteiger partial charge in [-0.2, -0.15) is 0 Å². The Labute approximate surface area is 122 Å². The summed E-state index contributed by atoms with van der Waals surface area (Å²) in [7, 11) is -3.71. The number of hydrogen-bond acceptors (Lipinski definition) is 5. The van der Waals surface area contributed by atoms with Gasteiger partial charge in [-0.05, 0) is 25.1 Å². The quantitative estimate of drug-likeness (QED) is 0.858. The molecule has 1 aliphatic heterocycles. The molecule has 7 nitrogen and oxygen atoms in total. The van der Waals surface area contributed by atoms with Crippen molar-refractivity contribution in [1.82, 2.24) is 0 Å². The maximum absolute atomic E-state index is 12.1. The lowest BCUT2D eigenvalue weighted by atomic mass is 10.2. The first kappa shape index (κ1) is 15.3. The van der Waals surface area contributed by atoms with Gasteiger partial charge >= 0.3 is 5.97 Å². The molecule has 8 heteroatoms. The number of fused-ring (bicyclic) bond motifs is 1. The fourth-order valence-corrected chi connectivity index (χ4v) is 3.31. The molecular formula is C13H15NO6S. The van der Waals surface area contributed by atoms with Crippen LogP contribution in [0.1, 0.15) is 13.3 Å². The summed E-state index contributed by atoms with van der Waals surface area (Å²) in [4.78, 5) is 23.7. The molecule has 1 heterocycles. The second kappa shape index (κ2) is 5.72. The predicted molar refractivity (Wildman–Crippen MR) is 74.3 cm³/mol. The van der Waals surface area contributed by atoms with E-state index in [4.69, 9.17) is 9.84 Å². The van der Waals surface area contributed by atoms with Crippen LogP contribution in [0.3, 0.4) is 0 Å². The molecule has 0 aliphatic carbocycles. The number of amides is 1. The van der Waals surface area contributed by atoms with Gasteiger partial charge in [0, 0.05) is 6.54 Å². The van der Waals surface area contributed by atoms with E-state index in [1.165, 1.54) is 23.1 Å². The minimum absolute atomic E-state index is 0.0146. The van der Waals surface area contributed by atoms with Crippen LogP contribution in [0.2, 0.25) is 0 Å². The first-order valence-corrected chi connectivity index (χ1v) is 8.02. The summed E-state index contributed by atoms with van der Waals surface area (Å²) in [6.45, 7) is 2.10. The van der Waals surface area contributed by atoms with Crippen LogP contribution in [-0.4, -0.2) is 44.3 Å². The van der Waals surface area contributed by atoms with E-state index in [1.807, 2.05) is 0 Å². The van der Waals surface area contributed by atoms with Crippen LogP contribution in [-0.2, 0) is 19.4 Å². The van der Waals surface area contributed by atoms with Gasteiger partial charge in [-0.3, -0.25) is 9.59 Å². The Morgan fingerprint density at radius 2 is 2.14 bits per heavy atom. The molecule has 0 spiro atoms. The highest BCUT2D eigenvalue weighted by Gasteiger charge is 2.26. The Morgan fingerprint density at radius 1 is 1.43 bits per heavy atom. The maximum Gasteiger partial charge on any atom is 0.304 e. The third kappa shape index (κ3) is 3.15. The van der Waals surface area contributed by atoms with Gasteiger partial charge in [0.25, 0.3) is 5.91 Å². The first-order valence-electron chi connectivity index (χ1n) is 6.37. The molecule has 0 atom stereocenters. The van der Waals surface area contributed by atoms with Crippen LogP contribution >= 0.6 is 0 Å². The lowest BCUT2D eigenvalue weighted by Crippen LogP contribution is -2.38. The smallest absolute Gasteiger partial charge is 0.304 e. The average Bonchev–Trinajstić information content (AvgIpc) is 2.44. The normalized spacial score (nSPS) is 14.5. The molecule has 0 aromatic heterocycles. The topological polar surface area (TPSA) is 101 Å². The molecule has 2 rings (SSSR count). The Hall–Kier alpha value is -2.09. The number of hydrogen-bond donors (Lipinski definition) is 1. The van der Waals surface area contributed by atoms with E-state index in [2.05, 4.69) is 0 Å². The minimum Gasteiger partial charge on any atom is -0.482 e. The lowest BCUT2D eigenvalue weighted by Gasteiger charge is -2.28. The molecule has 21 heavy (non-hydrogen) atoms. The number of rotatable bonds is 5. The van der Waals surface area contributed by atoms with Gasteiger partial charge in [-0.1, -0.05) is 0 Å². The zero-order valence-corrected chi connectivity index (χ0v) is 12.2. The molecular weight excluding hydrogens is 298 g/mol. The fraction of sp³-hybridized carbons (Fsp3) is 0.385. The van der Waals surface area contributed by atoms with Crippen LogP contribution < -0.4 is 9.64 Å². The number of benzene rings is 1. The number of ether oxygens (including phenoxy) is 1. The molecule has 1 aliphatic rings. The van der Waals surface area contributed by atoms with Gasteiger partial charge in [0.05, 0.1) is 22.8 Å². The molecule has 1 aromatic carbocycles. The van der Waals surface area contributed by atoms with Crippen LogP contribution in [0.15, 0.2) is 23.1 Å². The van der Waals surface area contributed by atoms with E-state index in [0.29, 0.717) is 18.0 Å². The van der Waals surface area contributed by atoms with E-state index >= 15 is 0 Å². The van der Waals surface area contributed by atoms with Crippen LogP contribution in [0, 0.1) is 0 Å². The van der Waals surface area contributed by atoms with Crippen molar-refractivity contribution in [3.8, 4) is 5.75 Å². The zero-order valence-electron chi connectivity index (χ0n) is 11.4. The lowest BCUT2D eigenvalue weighted by molar-refractivity contribution is -0.136. The van der Waals surface area contributed by atoms with Gasteiger partial charge in [0.15, 0.2) is 16.4 Å². The van der Waals surface area contributed by atoms with Crippen molar-refractivity contribution in [1.29, 1.82) is 0 Å². The van der Waals surface area contributed by atoms with E-state index in [-0.39, 0.29) is 17.4 Å². The van der Waals surface area contributed by atoms with E-state index in [1.54, 1.807) is 6.92 Å². The highest BCUT2D eigenvalue weighted by atomic mass is 32.2. The van der Waals surface area contributed by atoms with Crippen LogP contribution in [0.25, 0.3) is 0 Å². The number of nitrogens with zero attached hydrogens (tertiary/aromatic N) is 1. The Morgan fingerprint density at radius 3 is 2.76 bits per heavy atom. The number of carboxylic acid groups (broad SMARTS) is 1. The van der Waals surface area contributed by atoms with Gasteiger partial charge in [0.2, 0.25) is 0 Å². The zero-order chi connectivity index (χ0) is 15.6. The largest absolute Gasteiger partial charge is 0.482 e. The van der Waals surface area contributed by atoms with Gasteiger partial charge in [-0.15, -0.1) is 0 Å². The molecule has 1 aromatic rings. The molecule has 1 N–H and O–H groups in total. The molecule has 1 amide bonds. The molecule has 0 fully saturated rings. The highest BCUT2D eigenvalue weighted by molar-refractivity contribution is 7.91. The Balaban J connectivity index is 2.38. The maximum atomic E-state index is 12.1. The van der Waals surface area contributed by atoms with Crippen molar-refractivity contribution < 1.29 is 27.9 Å². The van der Waals surface area contributed by atoms with E-state index in [9.17, 15) is 18.0 Å². The average molecular weight is 313 g/mol. The Bertz CT molecular complexity index is 682. The molecule has 0 unspecified atom stereocenters. The third-order valence-corrected chi connectivity index (χ3v) is 4.85. The first-order chi connectivity index (χ1) is 9.85. The van der Waals surface area contributed by atoms with Crippen molar-refractivity contribution in [2.45, 2.75) is 18.2 Å². The SMILES string of the molecule is CCN1C(=O)COc2ccc(S(=O)(=O)CCC(=O)O)cc21. The standard InChI is InChI=1S/C13H15NO6S/c1-2-14-10-7-9(21(18,19)6-5-13(16)17)3-4-11(10)20-8-12(14)15/h3-4,7H,2,5-6,8H2,1H3,(H,16,17). The van der Waals surface area contributed by atoms with Crippen molar-refractivity contribution in [3.05, 3.63) is 18.2 Å². The second-order valence-corrected chi connectivity index (χ2v) is 6.63. The molecule has 0 radical (unpaired) electrons.